The number of carbonyl (C=O) groups excluding carboxylic acids is 1. The minimum Gasteiger partial charge on any atom is -0.353 e. The van der Waals surface area contributed by atoms with Crippen LogP contribution in [0.4, 0.5) is 5.69 Å². The van der Waals surface area contributed by atoms with E-state index in [0.717, 1.165) is 25.9 Å². The molecule has 0 radical (unpaired) electrons. The van der Waals surface area contributed by atoms with Gasteiger partial charge in [-0.2, -0.15) is 0 Å². The topological polar surface area (TPSA) is 75.5 Å². The van der Waals surface area contributed by atoms with E-state index in [2.05, 4.69) is 57.1 Å². The average Bonchev–Trinajstić information content (AvgIpc) is 2.69. The maximum atomic E-state index is 12.3. The fourth-order valence-electron chi connectivity index (χ4n) is 3.38. The van der Waals surface area contributed by atoms with Gasteiger partial charge < -0.3 is 5.32 Å². The van der Waals surface area contributed by atoms with E-state index in [1.807, 2.05) is 6.07 Å². The van der Waals surface area contributed by atoms with Crippen molar-refractivity contribution in [2.45, 2.75) is 29.4 Å². The summed E-state index contributed by atoms with van der Waals surface area (Å²) in [6.07, 6.45) is 1.81. The Labute approximate surface area is 172 Å². The van der Waals surface area contributed by atoms with Crippen molar-refractivity contribution >= 4 is 34.2 Å². The van der Waals surface area contributed by atoms with Crippen molar-refractivity contribution in [1.82, 2.24) is 10.2 Å². The molecule has 0 aliphatic carbocycles. The summed E-state index contributed by atoms with van der Waals surface area (Å²) in [6.45, 7) is 1.83. The Bertz CT molecular complexity index is 792. The van der Waals surface area contributed by atoms with E-state index in [-0.39, 0.29) is 24.1 Å². The first-order chi connectivity index (χ1) is 13.0. The maximum absolute atomic E-state index is 12.3. The van der Waals surface area contributed by atoms with Gasteiger partial charge in [0.05, 0.1) is 15.4 Å². The second-order valence-electron chi connectivity index (χ2n) is 6.69. The van der Waals surface area contributed by atoms with Gasteiger partial charge >= 0.3 is 0 Å². The van der Waals surface area contributed by atoms with Crippen molar-refractivity contribution in [2.75, 3.05) is 13.1 Å². The maximum Gasteiger partial charge on any atom is 0.273 e. The van der Waals surface area contributed by atoms with Gasteiger partial charge in [0.15, 0.2) is 0 Å². The number of hydrogen-bond donors (Lipinski definition) is 1. The number of hydrogen-bond acceptors (Lipinski definition) is 4. The third-order valence-electron chi connectivity index (χ3n) is 4.83. The molecular weight excluding hydrogens is 457 g/mol. The van der Waals surface area contributed by atoms with Gasteiger partial charge in [0.25, 0.3) is 5.69 Å². The number of nitro groups is 1. The lowest BCUT2D eigenvalue weighted by Gasteiger charge is -2.35. The zero-order valence-electron chi connectivity index (χ0n) is 14.9. The molecule has 1 fully saturated rings. The SMILES string of the molecule is O=C(Cc1ccccc1[N+](=O)[O-])NC1CCN(C(I)c2ccccc2)CC1. The Kier molecular flexibility index (Phi) is 6.78. The molecule has 0 spiro atoms. The van der Waals surface area contributed by atoms with Crippen LogP contribution in [0.25, 0.3) is 0 Å². The van der Waals surface area contributed by atoms with E-state index in [4.69, 9.17) is 0 Å². The molecule has 0 aromatic heterocycles. The number of piperidine rings is 1. The van der Waals surface area contributed by atoms with Gasteiger partial charge in [-0.3, -0.25) is 19.8 Å². The second-order valence-corrected chi connectivity index (χ2v) is 7.87. The molecule has 0 bridgehead atoms. The summed E-state index contributed by atoms with van der Waals surface area (Å²) >= 11 is 2.46. The first-order valence-corrected chi connectivity index (χ1v) is 10.2. The zero-order valence-corrected chi connectivity index (χ0v) is 17.0. The number of para-hydroxylation sites is 1. The molecule has 1 aliphatic heterocycles. The standard InChI is InChI=1S/C20H22IN3O3/c21-20(15-6-2-1-3-7-15)23-12-10-17(11-13-23)22-19(25)14-16-8-4-5-9-18(16)24(26)27/h1-9,17,20H,10-14H2,(H,22,25). The third-order valence-corrected chi connectivity index (χ3v) is 6.34. The van der Waals surface area contributed by atoms with Gasteiger partial charge in [0, 0.05) is 30.8 Å². The molecule has 1 N–H and O–H groups in total. The number of alkyl halides is 1. The highest BCUT2D eigenvalue weighted by Crippen LogP contribution is 2.30. The van der Waals surface area contributed by atoms with Gasteiger partial charge in [-0.25, -0.2) is 0 Å². The van der Waals surface area contributed by atoms with Crippen LogP contribution in [0.15, 0.2) is 54.6 Å². The smallest absolute Gasteiger partial charge is 0.273 e. The minimum absolute atomic E-state index is 0.00177. The van der Waals surface area contributed by atoms with E-state index >= 15 is 0 Å². The summed E-state index contributed by atoms with van der Waals surface area (Å²) in [4.78, 5) is 25.4. The van der Waals surface area contributed by atoms with Crippen LogP contribution in [0, 0.1) is 10.1 Å². The molecule has 0 saturated carbocycles. The number of nitro benzene ring substituents is 1. The fourth-order valence-corrected chi connectivity index (χ4v) is 4.36. The van der Waals surface area contributed by atoms with Crippen molar-refractivity contribution < 1.29 is 9.72 Å². The molecule has 27 heavy (non-hydrogen) atoms. The zero-order chi connectivity index (χ0) is 19.2. The molecule has 7 heteroatoms. The van der Waals surface area contributed by atoms with Crippen LogP contribution in [-0.4, -0.2) is 34.9 Å². The number of amides is 1. The van der Waals surface area contributed by atoms with Crippen LogP contribution >= 0.6 is 22.6 Å². The van der Waals surface area contributed by atoms with E-state index in [0.29, 0.717) is 9.61 Å². The minimum atomic E-state index is -0.439. The summed E-state index contributed by atoms with van der Waals surface area (Å²) in [5, 5.41) is 14.1. The molecule has 1 amide bonds. The van der Waals surface area contributed by atoms with Crippen molar-refractivity contribution in [3.63, 3.8) is 0 Å². The number of nitrogens with one attached hydrogen (secondary N) is 1. The molecule has 1 atom stereocenters. The number of carbonyl (C=O) groups is 1. The quantitative estimate of drug-likeness (QED) is 0.225. The van der Waals surface area contributed by atoms with Gasteiger partial charge in [-0.15, -0.1) is 0 Å². The second kappa shape index (κ2) is 9.27. The molecule has 2 aromatic rings. The van der Waals surface area contributed by atoms with Gasteiger partial charge in [-0.1, -0.05) is 71.1 Å². The Hall–Kier alpha value is -2.00. The summed E-state index contributed by atoms with van der Waals surface area (Å²) in [5.74, 6) is -0.156. The number of likely N-dealkylation sites (tertiary alicyclic amines) is 1. The molecule has 6 nitrogen and oxygen atoms in total. The highest BCUT2D eigenvalue weighted by atomic mass is 127. The molecule has 142 valence electrons. The van der Waals surface area contributed by atoms with Crippen LogP contribution in [0.1, 0.15) is 28.0 Å². The molecular formula is C20H22IN3O3. The van der Waals surface area contributed by atoms with E-state index in [1.165, 1.54) is 11.6 Å². The lowest BCUT2D eigenvalue weighted by Crippen LogP contribution is -2.45. The molecule has 1 unspecified atom stereocenters. The van der Waals surface area contributed by atoms with Crippen LogP contribution < -0.4 is 5.32 Å². The van der Waals surface area contributed by atoms with Crippen LogP contribution in [0.3, 0.4) is 0 Å². The normalized spacial score (nSPS) is 16.6. The monoisotopic (exact) mass is 479 g/mol. The molecule has 2 aromatic carbocycles. The van der Waals surface area contributed by atoms with Crippen molar-refractivity contribution in [1.29, 1.82) is 0 Å². The largest absolute Gasteiger partial charge is 0.353 e. The van der Waals surface area contributed by atoms with Crippen LogP contribution in [-0.2, 0) is 11.2 Å². The van der Waals surface area contributed by atoms with Crippen molar-refractivity contribution in [3.8, 4) is 0 Å². The van der Waals surface area contributed by atoms with E-state index in [1.54, 1.807) is 18.2 Å². The molecule has 1 aliphatic rings. The lowest BCUT2D eigenvalue weighted by atomic mass is 10.0. The summed E-state index contributed by atoms with van der Waals surface area (Å²) in [6, 6.07) is 16.9. The first kappa shape index (κ1) is 19.8. The van der Waals surface area contributed by atoms with Crippen LogP contribution in [0.5, 0.6) is 0 Å². The molecule has 1 heterocycles. The number of nitrogens with zero attached hydrogens (tertiary/aromatic N) is 2. The predicted octanol–water partition coefficient (Wildman–Crippen LogP) is 3.85. The molecule has 1 saturated heterocycles. The summed E-state index contributed by atoms with van der Waals surface area (Å²) in [7, 11) is 0. The Morgan fingerprint density at radius 2 is 1.78 bits per heavy atom. The van der Waals surface area contributed by atoms with Crippen molar-refractivity contribution in [2.24, 2.45) is 0 Å². The number of halogens is 1. The average molecular weight is 479 g/mol. The summed E-state index contributed by atoms with van der Waals surface area (Å²) < 4.78 is 0.326. The van der Waals surface area contributed by atoms with Gasteiger partial charge in [-0.05, 0) is 18.4 Å². The first-order valence-electron chi connectivity index (χ1n) is 8.99. The Morgan fingerprint density at radius 1 is 1.15 bits per heavy atom. The predicted molar refractivity (Wildman–Crippen MR) is 113 cm³/mol. The van der Waals surface area contributed by atoms with E-state index < -0.39 is 4.92 Å². The highest BCUT2D eigenvalue weighted by Gasteiger charge is 2.25. The summed E-state index contributed by atoms with van der Waals surface area (Å²) in [5.41, 5.74) is 1.74. The van der Waals surface area contributed by atoms with Crippen LogP contribution in [0.2, 0.25) is 0 Å². The van der Waals surface area contributed by atoms with Gasteiger partial charge in [0.1, 0.15) is 0 Å². The fraction of sp³-hybridized carbons (Fsp3) is 0.350. The van der Waals surface area contributed by atoms with Gasteiger partial charge in [0.2, 0.25) is 5.91 Å². The van der Waals surface area contributed by atoms with E-state index in [9.17, 15) is 14.9 Å². The third kappa shape index (κ3) is 5.26. The molecule has 3 rings (SSSR count). The highest BCUT2D eigenvalue weighted by molar-refractivity contribution is 14.1. The lowest BCUT2D eigenvalue weighted by molar-refractivity contribution is -0.385. The number of benzene rings is 2. The Morgan fingerprint density at radius 3 is 2.44 bits per heavy atom. The Balaban J connectivity index is 1.51. The van der Waals surface area contributed by atoms with Crippen molar-refractivity contribution in [3.05, 3.63) is 75.8 Å². The number of rotatable bonds is 6.